The van der Waals surface area contributed by atoms with Crippen LogP contribution in [-0.2, 0) is 11.2 Å². The molecule has 2 rings (SSSR count). The van der Waals surface area contributed by atoms with Gasteiger partial charge in [0, 0.05) is 28.8 Å². The van der Waals surface area contributed by atoms with E-state index >= 15 is 0 Å². The molecule has 28 heavy (non-hydrogen) atoms. The molecule has 0 aliphatic carbocycles. The van der Waals surface area contributed by atoms with Crippen molar-refractivity contribution in [2.45, 2.75) is 45.5 Å². The summed E-state index contributed by atoms with van der Waals surface area (Å²) in [5, 5.41) is 10.4. The Labute approximate surface area is 176 Å². The van der Waals surface area contributed by atoms with Crippen LogP contribution in [0.5, 0.6) is 11.5 Å². The van der Waals surface area contributed by atoms with Gasteiger partial charge < -0.3 is 9.84 Å². The zero-order chi connectivity index (χ0) is 20.8. The van der Waals surface area contributed by atoms with Crippen molar-refractivity contribution in [2.75, 3.05) is 6.61 Å². The van der Waals surface area contributed by atoms with E-state index in [-0.39, 0.29) is 30.5 Å². The SMILES string of the molecule is CC(C)c1cc(Cc2c(Cl)cc(OCC(=O)CCC(F)F)cc2Br)ccc1O. The van der Waals surface area contributed by atoms with E-state index in [0.29, 0.717) is 21.7 Å². The summed E-state index contributed by atoms with van der Waals surface area (Å²) in [6.07, 6.45) is -2.63. The molecule has 0 saturated heterocycles. The van der Waals surface area contributed by atoms with Gasteiger partial charge in [-0.05, 0) is 40.8 Å². The highest BCUT2D eigenvalue weighted by Gasteiger charge is 2.14. The summed E-state index contributed by atoms with van der Waals surface area (Å²) < 4.78 is 30.4. The van der Waals surface area contributed by atoms with Gasteiger partial charge in [0.05, 0.1) is 0 Å². The van der Waals surface area contributed by atoms with Crippen molar-refractivity contribution in [1.29, 1.82) is 0 Å². The highest BCUT2D eigenvalue weighted by Crippen LogP contribution is 2.34. The Morgan fingerprint density at radius 1 is 1.25 bits per heavy atom. The number of ether oxygens (including phenoxy) is 1. The summed E-state index contributed by atoms with van der Waals surface area (Å²) in [6.45, 7) is 3.75. The maximum atomic E-state index is 12.1. The third kappa shape index (κ3) is 6.45. The molecule has 0 aliphatic heterocycles. The van der Waals surface area contributed by atoms with Crippen molar-refractivity contribution in [3.63, 3.8) is 0 Å². The first-order valence-electron chi connectivity index (χ1n) is 8.89. The normalized spacial score (nSPS) is 11.3. The van der Waals surface area contributed by atoms with Gasteiger partial charge in [-0.2, -0.15) is 0 Å². The van der Waals surface area contributed by atoms with E-state index in [0.717, 1.165) is 16.7 Å². The summed E-state index contributed by atoms with van der Waals surface area (Å²) in [7, 11) is 0. The number of aromatic hydroxyl groups is 1. The summed E-state index contributed by atoms with van der Waals surface area (Å²) in [5.74, 6) is 0.461. The van der Waals surface area contributed by atoms with Crippen LogP contribution < -0.4 is 4.74 Å². The van der Waals surface area contributed by atoms with E-state index in [1.54, 1.807) is 18.2 Å². The molecule has 0 bridgehead atoms. The molecule has 0 heterocycles. The Morgan fingerprint density at radius 2 is 1.96 bits per heavy atom. The second-order valence-electron chi connectivity index (χ2n) is 6.85. The first-order valence-corrected chi connectivity index (χ1v) is 10.1. The molecule has 0 aliphatic rings. The van der Waals surface area contributed by atoms with Gasteiger partial charge in [-0.15, -0.1) is 0 Å². The smallest absolute Gasteiger partial charge is 0.239 e. The minimum Gasteiger partial charge on any atom is -0.508 e. The molecular formula is C21H22BrClF2O3. The fourth-order valence-electron chi connectivity index (χ4n) is 2.72. The Morgan fingerprint density at radius 3 is 2.57 bits per heavy atom. The number of carbonyl (C=O) groups excluding carboxylic acids is 1. The Bertz CT molecular complexity index is 817. The van der Waals surface area contributed by atoms with Gasteiger partial charge in [0.1, 0.15) is 18.1 Å². The summed E-state index contributed by atoms with van der Waals surface area (Å²) in [4.78, 5) is 11.6. The Kier molecular flexibility index (Phi) is 8.25. The number of hydrogen-bond donors (Lipinski definition) is 1. The fraction of sp³-hybridized carbons (Fsp3) is 0.381. The standard InChI is InChI=1S/C21H22BrClF2O3/c1-12(2)16-7-13(3-5-20(16)27)8-17-18(22)9-15(10-19(17)23)28-11-14(26)4-6-21(24)25/h3,5,7,9-10,12,21,27H,4,6,8,11H2,1-2H3. The molecule has 0 amide bonds. The molecule has 2 aromatic carbocycles. The molecule has 152 valence electrons. The number of phenolic OH excluding ortho intramolecular Hbond substituents is 1. The lowest BCUT2D eigenvalue weighted by molar-refractivity contribution is -0.121. The topological polar surface area (TPSA) is 46.5 Å². The van der Waals surface area contributed by atoms with Gasteiger partial charge in [-0.25, -0.2) is 8.78 Å². The van der Waals surface area contributed by atoms with Crippen molar-refractivity contribution in [3.05, 3.63) is 56.5 Å². The number of carbonyl (C=O) groups is 1. The summed E-state index contributed by atoms with van der Waals surface area (Å²) in [5.41, 5.74) is 2.71. The van der Waals surface area contributed by atoms with Crippen molar-refractivity contribution >= 4 is 33.3 Å². The van der Waals surface area contributed by atoms with Gasteiger partial charge >= 0.3 is 0 Å². The summed E-state index contributed by atoms with van der Waals surface area (Å²) >= 11 is 9.87. The Hall–Kier alpha value is -1.66. The van der Waals surface area contributed by atoms with E-state index in [4.69, 9.17) is 16.3 Å². The van der Waals surface area contributed by atoms with Crippen molar-refractivity contribution in [2.24, 2.45) is 0 Å². The number of phenols is 1. The fourth-order valence-corrected chi connectivity index (χ4v) is 3.69. The molecule has 0 atom stereocenters. The number of rotatable bonds is 9. The largest absolute Gasteiger partial charge is 0.508 e. The number of Topliss-reactive ketones (excluding diaryl/α,β-unsaturated/α-hetero) is 1. The second kappa shape index (κ2) is 10.2. The second-order valence-corrected chi connectivity index (χ2v) is 8.11. The minimum atomic E-state index is -2.50. The summed E-state index contributed by atoms with van der Waals surface area (Å²) in [6, 6.07) is 8.77. The number of halogens is 4. The van der Waals surface area contributed by atoms with Crippen molar-refractivity contribution < 1.29 is 23.4 Å². The minimum absolute atomic E-state index is 0.192. The van der Waals surface area contributed by atoms with Gasteiger partial charge in [-0.3, -0.25) is 4.79 Å². The van der Waals surface area contributed by atoms with Gasteiger partial charge in [-0.1, -0.05) is 53.5 Å². The predicted octanol–water partition coefficient (Wildman–Crippen LogP) is 6.52. The van der Waals surface area contributed by atoms with E-state index < -0.39 is 12.8 Å². The third-order valence-corrected chi connectivity index (χ3v) is 5.30. The lowest BCUT2D eigenvalue weighted by atomic mass is 9.96. The molecule has 3 nitrogen and oxygen atoms in total. The van der Waals surface area contributed by atoms with Crippen LogP contribution in [0.3, 0.4) is 0 Å². The molecule has 0 fully saturated rings. The number of ketones is 1. The first kappa shape index (κ1) is 22.6. The van der Waals surface area contributed by atoms with Crippen molar-refractivity contribution in [3.8, 4) is 11.5 Å². The van der Waals surface area contributed by atoms with Gasteiger partial charge in [0.25, 0.3) is 0 Å². The first-order chi connectivity index (χ1) is 13.2. The van der Waals surface area contributed by atoms with Gasteiger partial charge in [0.2, 0.25) is 6.43 Å². The van der Waals surface area contributed by atoms with E-state index in [9.17, 15) is 18.7 Å². The number of alkyl halides is 2. The quantitative estimate of drug-likeness (QED) is 0.449. The highest BCUT2D eigenvalue weighted by atomic mass is 79.9. The van der Waals surface area contributed by atoms with Crippen LogP contribution in [0.4, 0.5) is 8.78 Å². The van der Waals surface area contributed by atoms with Crippen LogP contribution in [0.1, 0.15) is 49.3 Å². The maximum absolute atomic E-state index is 12.1. The van der Waals surface area contributed by atoms with Crippen LogP contribution in [-0.4, -0.2) is 23.9 Å². The lowest BCUT2D eigenvalue weighted by Crippen LogP contribution is -2.12. The monoisotopic (exact) mass is 474 g/mol. The molecule has 0 radical (unpaired) electrons. The molecule has 0 aromatic heterocycles. The highest BCUT2D eigenvalue weighted by molar-refractivity contribution is 9.10. The number of hydrogen-bond acceptors (Lipinski definition) is 3. The van der Waals surface area contributed by atoms with Crippen LogP contribution in [0.2, 0.25) is 5.02 Å². The van der Waals surface area contributed by atoms with Crippen LogP contribution in [0.25, 0.3) is 0 Å². The van der Waals surface area contributed by atoms with Crippen LogP contribution in [0.15, 0.2) is 34.8 Å². The average molecular weight is 476 g/mol. The van der Waals surface area contributed by atoms with E-state index in [2.05, 4.69) is 15.9 Å². The zero-order valence-corrected chi connectivity index (χ0v) is 18.0. The van der Waals surface area contributed by atoms with Crippen LogP contribution in [0, 0.1) is 0 Å². The zero-order valence-electron chi connectivity index (χ0n) is 15.6. The molecule has 0 unspecified atom stereocenters. The Balaban J connectivity index is 2.10. The van der Waals surface area contributed by atoms with Gasteiger partial charge in [0.15, 0.2) is 5.78 Å². The van der Waals surface area contributed by atoms with E-state index in [1.807, 2.05) is 26.0 Å². The third-order valence-electron chi connectivity index (χ3n) is 4.25. The molecule has 7 heteroatoms. The maximum Gasteiger partial charge on any atom is 0.239 e. The van der Waals surface area contributed by atoms with Crippen molar-refractivity contribution in [1.82, 2.24) is 0 Å². The molecular weight excluding hydrogens is 454 g/mol. The molecule has 1 N–H and O–H groups in total. The average Bonchev–Trinajstić information content (AvgIpc) is 2.62. The predicted molar refractivity (Wildman–Crippen MR) is 110 cm³/mol. The van der Waals surface area contributed by atoms with Crippen LogP contribution >= 0.6 is 27.5 Å². The van der Waals surface area contributed by atoms with E-state index in [1.165, 1.54) is 0 Å². The number of benzene rings is 2. The molecule has 0 spiro atoms. The lowest BCUT2D eigenvalue weighted by Gasteiger charge is -2.14. The molecule has 0 saturated carbocycles. The molecule has 2 aromatic rings.